The molecule has 22 heavy (non-hydrogen) atoms. The van der Waals surface area contributed by atoms with Gasteiger partial charge in [-0.2, -0.15) is 0 Å². The summed E-state index contributed by atoms with van der Waals surface area (Å²) < 4.78 is 19.0. The first-order valence-corrected chi connectivity index (χ1v) is 6.44. The Bertz CT molecular complexity index is 691. The van der Waals surface area contributed by atoms with Crippen LogP contribution in [0.1, 0.15) is 6.92 Å². The number of hydrogen-bond acceptors (Lipinski definition) is 4. The van der Waals surface area contributed by atoms with Crippen LogP contribution >= 0.6 is 0 Å². The number of carbonyl (C=O) groups is 1. The Hall–Kier alpha value is -2.96. The van der Waals surface area contributed by atoms with Crippen LogP contribution in [0.2, 0.25) is 0 Å². The molecule has 0 aliphatic rings. The molecule has 0 aliphatic carbocycles. The van der Waals surface area contributed by atoms with E-state index in [0.29, 0.717) is 5.75 Å². The van der Waals surface area contributed by atoms with Crippen molar-refractivity contribution in [3.63, 3.8) is 0 Å². The van der Waals surface area contributed by atoms with Crippen LogP contribution in [0, 0.1) is 15.9 Å². The van der Waals surface area contributed by atoms with E-state index in [1.54, 1.807) is 30.3 Å². The van der Waals surface area contributed by atoms with Crippen molar-refractivity contribution in [2.75, 3.05) is 5.32 Å². The smallest absolute Gasteiger partial charge is 0.271 e. The summed E-state index contributed by atoms with van der Waals surface area (Å²) in [6, 6.07) is 11.6. The molecular formula is C15H13FN2O4. The molecule has 114 valence electrons. The van der Waals surface area contributed by atoms with Gasteiger partial charge in [0.05, 0.1) is 10.6 Å². The van der Waals surface area contributed by atoms with Crippen molar-refractivity contribution in [1.29, 1.82) is 0 Å². The van der Waals surface area contributed by atoms with Crippen LogP contribution in [0.5, 0.6) is 5.75 Å². The van der Waals surface area contributed by atoms with E-state index in [0.717, 1.165) is 18.2 Å². The predicted octanol–water partition coefficient (Wildman–Crippen LogP) is 3.14. The van der Waals surface area contributed by atoms with Gasteiger partial charge in [0.2, 0.25) is 0 Å². The zero-order valence-electron chi connectivity index (χ0n) is 11.7. The highest BCUT2D eigenvalue weighted by molar-refractivity contribution is 5.94. The SMILES string of the molecule is C[C@H](Oc1ccccc1)C(=O)Nc1cc([N+](=O)[O-])ccc1F. The zero-order chi connectivity index (χ0) is 16.1. The minimum absolute atomic E-state index is 0.261. The van der Waals surface area contributed by atoms with Crippen LogP contribution in [0.4, 0.5) is 15.8 Å². The topological polar surface area (TPSA) is 81.5 Å². The maximum atomic E-state index is 13.6. The van der Waals surface area contributed by atoms with E-state index in [1.165, 1.54) is 6.92 Å². The van der Waals surface area contributed by atoms with Crippen LogP contribution in [0.3, 0.4) is 0 Å². The first kappa shape index (κ1) is 15.4. The average Bonchev–Trinajstić information content (AvgIpc) is 2.50. The molecule has 2 aromatic carbocycles. The van der Waals surface area contributed by atoms with Gasteiger partial charge in [0.25, 0.3) is 11.6 Å². The van der Waals surface area contributed by atoms with E-state index in [-0.39, 0.29) is 11.4 Å². The molecule has 0 saturated heterocycles. The molecule has 0 saturated carbocycles. The maximum Gasteiger partial charge on any atom is 0.271 e. The van der Waals surface area contributed by atoms with Crippen LogP contribution < -0.4 is 10.1 Å². The number of amides is 1. The summed E-state index contributed by atoms with van der Waals surface area (Å²) in [5.74, 6) is -0.876. The molecule has 0 unspecified atom stereocenters. The van der Waals surface area contributed by atoms with E-state index in [2.05, 4.69) is 5.32 Å². The molecule has 0 aromatic heterocycles. The number of halogens is 1. The maximum absolute atomic E-state index is 13.6. The van der Waals surface area contributed by atoms with Crippen molar-refractivity contribution in [3.05, 3.63) is 64.5 Å². The lowest BCUT2D eigenvalue weighted by molar-refractivity contribution is -0.384. The highest BCUT2D eigenvalue weighted by Gasteiger charge is 2.18. The summed E-state index contributed by atoms with van der Waals surface area (Å²) in [4.78, 5) is 22.0. The number of nitro groups is 1. The second-order valence-electron chi connectivity index (χ2n) is 4.48. The van der Waals surface area contributed by atoms with Gasteiger partial charge in [-0.15, -0.1) is 0 Å². The van der Waals surface area contributed by atoms with Gasteiger partial charge in [-0.3, -0.25) is 14.9 Å². The minimum atomic E-state index is -0.888. The van der Waals surface area contributed by atoms with Gasteiger partial charge in [0.1, 0.15) is 11.6 Å². The fraction of sp³-hybridized carbons (Fsp3) is 0.133. The van der Waals surface area contributed by atoms with E-state index in [9.17, 15) is 19.3 Å². The Morgan fingerprint density at radius 2 is 1.95 bits per heavy atom. The van der Waals surface area contributed by atoms with Crippen LogP contribution in [0.25, 0.3) is 0 Å². The van der Waals surface area contributed by atoms with Gasteiger partial charge in [-0.05, 0) is 25.1 Å². The van der Waals surface area contributed by atoms with Gasteiger partial charge < -0.3 is 10.1 Å². The molecule has 6 nitrogen and oxygen atoms in total. The lowest BCUT2D eigenvalue weighted by atomic mass is 10.2. The van der Waals surface area contributed by atoms with Crippen molar-refractivity contribution in [3.8, 4) is 5.75 Å². The summed E-state index contributed by atoms with van der Waals surface area (Å²) in [6.45, 7) is 1.50. The molecule has 2 rings (SSSR count). The highest BCUT2D eigenvalue weighted by Crippen LogP contribution is 2.21. The monoisotopic (exact) mass is 304 g/mol. The number of ether oxygens (including phenoxy) is 1. The van der Waals surface area contributed by atoms with Gasteiger partial charge in [-0.25, -0.2) is 4.39 Å². The van der Waals surface area contributed by atoms with Crippen molar-refractivity contribution in [2.24, 2.45) is 0 Å². The number of para-hydroxylation sites is 1. The molecule has 0 spiro atoms. The van der Waals surface area contributed by atoms with Gasteiger partial charge in [0.15, 0.2) is 6.10 Å². The third kappa shape index (κ3) is 3.78. The predicted molar refractivity (Wildman–Crippen MR) is 78.2 cm³/mol. The van der Waals surface area contributed by atoms with Crippen molar-refractivity contribution < 1.29 is 18.8 Å². The van der Waals surface area contributed by atoms with Crippen molar-refractivity contribution in [1.82, 2.24) is 0 Å². The van der Waals surface area contributed by atoms with E-state index in [4.69, 9.17) is 4.74 Å². The largest absolute Gasteiger partial charge is 0.481 e. The number of nitrogens with zero attached hydrogens (tertiary/aromatic N) is 1. The fourth-order valence-corrected chi connectivity index (χ4v) is 1.71. The summed E-state index contributed by atoms with van der Waals surface area (Å²) in [5, 5.41) is 13.0. The summed E-state index contributed by atoms with van der Waals surface area (Å²) in [5.41, 5.74) is -0.573. The Labute approximate surface area is 125 Å². The van der Waals surface area contributed by atoms with E-state index in [1.807, 2.05) is 0 Å². The summed E-state index contributed by atoms with van der Waals surface area (Å²) >= 11 is 0. The molecule has 1 amide bonds. The Morgan fingerprint density at radius 1 is 1.27 bits per heavy atom. The third-order valence-electron chi connectivity index (χ3n) is 2.84. The molecule has 1 N–H and O–H groups in total. The minimum Gasteiger partial charge on any atom is -0.481 e. The molecule has 2 aromatic rings. The standard InChI is InChI=1S/C15H13FN2O4/c1-10(22-12-5-3-2-4-6-12)15(19)17-14-9-11(18(20)21)7-8-13(14)16/h2-10H,1H3,(H,17,19)/t10-/m0/s1. The van der Waals surface area contributed by atoms with Crippen molar-refractivity contribution >= 4 is 17.3 Å². The van der Waals surface area contributed by atoms with E-state index < -0.39 is 22.8 Å². The van der Waals surface area contributed by atoms with Gasteiger partial charge in [0, 0.05) is 12.1 Å². The lowest BCUT2D eigenvalue weighted by Crippen LogP contribution is -2.30. The molecular weight excluding hydrogens is 291 g/mol. The number of nitrogens with one attached hydrogen (secondary N) is 1. The number of anilines is 1. The van der Waals surface area contributed by atoms with Crippen LogP contribution in [0.15, 0.2) is 48.5 Å². The Kier molecular flexibility index (Phi) is 4.67. The number of nitro benzene ring substituents is 1. The number of rotatable bonds is 5. The first-order valence-electron chi connectivity index (χ1n) is 6.44. The van der Waals surface area contributed by atoms with Gasteiger partial charge >= 0.3 is 0 Å². The van der Waals surface area contributed by atoms with Gasteiger partial charge in [-0.1, -0.05) is 18.2 Å². The second kappa shape index (κ2) is 6.66. The molecule has 0 bridgehead atoms. The number of benzene rings is 2. The highest BCUT2D eigenvalue weighted by atomic mass is 19.1. The number of non-ortho nitro benzene ring substituents is 1. The lowest BCUT2D eigenvalue weighted by Gasteiger charge is -2.14. The zero-order valence-corrected chi connectivity index (χ0v) is 11.7. The molecule has 0 radical (unpaired) electrons. The fourth-order valence-electron chi connectivity index (χ4n) is 1.71. The molecule has 1 atom stereocenters. The van der Waals surface area contributed by atoms with Crippen molar-refractivity contribution in [2.45, 2.75) is 13.0 Å². The van der Waals surface area contributed by atoms with E-state index >= 15 is 0 Å². The van der Waals surface area contributed by atoms with Crippen LogP contribution in [-0.2, 0) is 4.79 Å². The number of hydrogen-bond donors (Lipinski definition) is 1. The quantitative estimate of drug-likeness (QED) is 0.679. The molecule has 0 heterocycles. The normalized spacial score (nSPS) is 11.5. The summed E-state index contributed by atoms with van der Waals surface area (Å²) in [6.07, 6.45) is -0.888. The number of carbonyl (C=O) groups excluding carboxylic acids is 1. The Morgan fingerprint density at radius 3 is 2.59 bits per heavy atom. The molecule has 7 heteroatoms. The summed E-state index contributed by atoms with van der Waals surface area (Å²) in [7, 11) is 0. The Balaban J connectivity index is 2.08. The second-order valence-corrected chi connectivity index (χ2v) is 4.48. The van der Waals surface area contributed by atoms with Crippen LogP contribution in [-0.4, -0.2) is 16.9 Å². The molecule has 0 aliphatic heterocycles. The average molecular weight is 304 g/mol. The first-order chi connectivity index (χ1) is 10.5. The third-order valence-corrected chi connectivity index (χ3v) is 2.84. The molecule has 0 fully saturated rings.